The Hall–Kier alpha value is -1.68. The molecule has 0 atom stereocenters. The maximum absolute atomic E-state index is 11.9. The van der Waals surface area contributed by atoms with Gasteiger partial charge in [-0.25, -0.2) is 9.97 Å². The number of carbonyl (C=O) groups excluding carboxylic acids is 1. The molecule has 0 bridgehead atoms. The van der Waals surface area contributed by atoms with Gasteiger partial charge in [0.05, 0.1) is 5.75 Å². The first-order chi connectivity index (χ1) is 8.65. The van der Waals surface area contributed by atoms with Gasteiger partial charge in [-0.2, -0.15) is 0 Å². The second kappa shape index (κ2) is 5.78. The fourth-order valence-corrected chi connectivity index (χ4v) is 2.22. The Bertz CT molecular complexity index is 552. The Kier molecular flexibility index (Phi) is 4.10. The summed E-state index contributed by atoms with van der Waals surface area (Å²) in [6.07, 6.45) is 1.71. The minimum Gasteiger partial charge on any atom is -0.293 e. The summed E-state index contributed by atoms with van der Waals surface area (Å²) in [5.74, 6) is 0.470. The molecule has 0 saturated heterocycles. The van der Waals surface area contributed by atoms with E-state index in [1.165, 1.54) is 11.8 Å². The number of aromatic nitrogens is 2. The number of thioether (sulfide) groups is 1. The summed E-state index contributed by atoms with van der Waals surface area (Å²) in [5, 5.41) is 0.649. The topological polar surface area (TPSA) is 42.9 Å². The van der Waals surface area contributed by atoms with Crippen LogP contribution in [0.25, 0.3) is 0 Å². The molecule has 18 heavy (non-hydrogen) atoms. The van der Waals surface area contributed by atoms with Crippen LogP contribution in [0, 0.1) is 13.8 Å². The first-order valence-electron chi connectivity index (χ1n) is 5.67. The average molecular weight is 258 g/mol. The van der Waals surface area contributed by atoms with Crippen LogP contribution in [0.2, 0.25) is 0 Å². The third-order valence-corrected chi connectivity index (χ3v) is 3.34. The standard InChI is InChI=1S/C14H14N2OS/c1-10-3-5-12(6-4-10)13(17)9-18-14-15-8-7-11(2)16-14/h3-8H,9H2,1-2H3. The van der Waals surface area contributed by atoms with Crippen molar-refractivity contribution in [2.24, 2.45) is 0 Å². The molecule has 2 rings (SSSR count). The van der Waals surface area contributed by atoms with Crippen LogP contribution in [0.3, 0.4) is 0 Å². The quantitative estimate of drug-likeness (QED) is 0.480. The molecule has 3 nitrogen and oxygen atoms in total. The van der Waals surface area contributed by atoms with Crippen LogP contribution in [-0.4, -0.2) is 21.5 Å². The third kappa shape index (κ3) is 3.40. The molecule has 0 unspecified atom stereocenters. The first-order valence-corrected chi connectivity index (χ1v) is 6.66. The summed E-state index contributed by atoms with van der Waals surface area (Å²) in [5.41, 5.74) is 2.80. The van der Waals surface area contributed by atoms with Crippen LogP contribution in [0.1, 0.15) is 21.6 Å². The zero-order valence-corrected chi connectivity index (χ0v) is 11.2. The smallest absolute Gasteiger partial charge is 0.188 e. The van der Waals surface area contributed by atoms with Crippen LogP contribution >= 0.6 is 11.8 Å². The highest BCUT2D eigenvalue weighted by Gasteiger charge is 2.07. The van der Waals surface area contributed by atoms with Crippen LogP contribution in [0.15, 0.2) is 41.7 Å². The van der Waals surface area contributed by atoms with Gasteiger partial charge in [0.1, 0.15) is 0 Å². The molecule has 0 fully saturated rings. The second-order valence-electron chi connectivity index (χ2n) is 4.06. The fourth-order valence-electron chi connectivity index (χ4n) is 1.45. The normalized spacial score (nSPS) is 10.3. The molecule has 4 heteroatoms. The van der Waals surface area contributed by atoms with Crippen molar-refractivity contribution in [3.8, 4) is 0 Å². The number of nitrogens with zero attached hydrogens (tertiary/aromatic N) is 2. The van der Waals surface area contributed by atoms with Gasteiger partial charge in [-0.3, -0.25) is 4.79 Å². The number of hydrogen-bond donors (Lipinski definition) is 0. The predicted octanol–water partition coefficient (Wildman–Crippen LogP) is 3.07. The predicted molar refractivity (Wildman–Crippen MR) is 73.0 cm³/mol. The van der Waals surface area contributed by atoms with E-state index in [1.807, 2.05) is 44.2 Å². The van der Waals surface area contributed by atoms with Crippen LogP contribution < -0.4 is 0 Å². The lowest BCUT2D eigenvalue weighted by molar-refractivity contribution is 0.102. The van der Waals surface area contributed by atoms with Crippen molar-refractivity contribution >= 4 is 17.5 Å². The largest absolute Gasteiger partial charge is 0.293 e. The maximum Gasteiger partial charge on any atom is 0.188 e. The van der Waals surface area contributed by atoms with Gasteiger partial charge in [0, 0.05) is 17.5 Å². The Labute approximate surface area is 111 Å². The minimum absolute atomic E-state index is 0.102. The molecule has 0 aliphatic rings. The van der Waals surface area contributed by atoms with Gasteiger partial charge in [0.2, 0.25) is 0 Å². The lowest BCUT2D eigenvalue weighted by atomic mass is 10.1. The van der Waals surface area contributed by atoms with Crippen molar-refractivity contribution in [3.05, 3.63) is 53.3 Å². The Balaban J connectivity index is 1.98. The zero-order chi connectivity index (χ0) is 13.0. The number of ketones is 1. The molecule has 1 heterocycles. The van der Waals surface area contributed by atoms with Crippen molar-refractivity contribution in [2.45, 2.75) is 19.0 Å². The monoisotopic (exact) mass is 258 g/mol. The minimum atomic E-state index is 0.102. The van der Waals surface area contributed by atoms with E-state index in [2.05, 4.69) is 9.97 Å². The maximum atomic E-state index is 11.9. The van der Waals surface area contributed by atoms with E-state index in [9.17, 15) is 4.79 Å². The lowest BCUT2D eigenvalue weighted by Crippen LogP contribution is -2.03. The number of carbonyl (C=O) groups is 1. The highest BCUT2D eigenvalue weighted by Crippen LogP contribution is 2.15. The van der Waals surface area contributed by atoms with Crippen LogP contribution in [0.4, 0.5) is 0 Å². The molecule has 1 aromatic carbocycles. The van der Waals surface area contributed by atoms with Crippen molar-refractivity contribution in [3.63, 3.8) is 0 Å². The summed E-state index contributed by atoms with van der Waals surface area (Å²) in [4.78, 5) is 20.3. The zero-order valence-electron chi connectivity index (χ0n) is 10.4. The van der Waals surface area contributed by atoms with Gasteiger partial charge in [-0.15, -0.1) is 0 Å². The van der Waals surface area contributed by atoms with E-state index >= 15 is 0 Å². The van der Waals surface area contributed by atoms with Crippen molar-refractivity contribution in [2.75, 3.05) is 5.75 Å². The SMILES string of the molecule is Cc1ccc(C(=O)CSc2nccc(C)n2)cc1. The van der Waals surface area contributed by atoms with Crippen molar-refractivity contribution in [1.82, 2.24) is 9.97 Å². The van der Waals surface area contributed by atoms with E-state index in [4.69, 9.17) is 0 Å². The van der Waals surface area contributed by atoms with Gasteiger partial charge in [0.25, 0.3) is 0 Å². The molecule has 0 radical (unpaired) electrons. The van der Waals surface area contributed by atoms with Gasteiger partial charge < -0.3 is 0 Å². The number of rotatable bonds is 4. The average Bonchev–Trinajstić information content (AvgIpc) is 2.37. The third-order valence-electron chi connectivity index (χ3n) is 2.48. The van der Waals surface area contributed by atoms with Gasteiger partial charge in [-0.1, -0.05) is 41.6 Å². The van der Waals surface area contributed by atoms with Crippen molar-refractivity contribution in [1.29, 1.82) is 0 Å². The van der Waals surface area contributed by atoms with Crippen LogP contribution in [-0.2, 0) is 0 Å². The second-order valence-corrected chi connectivity index (χ2v) is 5.00. The summed E-state index contributed by atoms with van der Waals surface area (Å²) in [6, 6.07) is 9.44. The molecule has 2 aromatic rings. The first kappa shape index (κ1) is 12.8. The molecule has 0 N–H and O–H groups in total. The summed E-state index contributed by atoms with van der Waals surface area (Å²) < 4.78 is 0. The molecule has 0 amide bonds. The van der Waals surface area contributed by atoms with E-state index in [1.54, 1.807) is 6.20 Å². The van der Waals surface area contributed by atoms with E-state index < -0.39 is 0 Å². The molecular formula is C14H14N2OS. The van der Waals surface area contributed by atoms with E-state index in [0.717, 1.165) is 16.8 Å². The van der Waals surface area contributed by atoms with Gasteiger partial charge >= 0.3 is 0 Å². The van der Waals surface area contributed by atoms with Gasteiger partial charge in [0.15, 0.2) is 10.9 Å². The Morgan fingerprint density at radius 2 is 1.89 bits per heavy atom. The number of Topliss-reactive ketones (excluding diaryl/α,β-unsaturated/α-hetero) is 1. The van der Waals surface area contributed by atoms with E-state index in [-0.39, 0.29) is 5.78 Å². The van der Waals surface area contributed by atoms with Crippen molar-refractivity contribution < 1.29 is 4.79 Å². The van der Waals surface area contributed by atoms with Crippen LogP contribution in [0.5, 0.6) is 0 Å². The van der Waals surface area contributed by atoms with Gasteiger partial charge in [-0.05, 0) is 19.9 Å². The molecule has 92 valence electrons. The molecule has 1 aromatic heterocycles. The summed E-state index contributed by atoms with van der Waals surface area (Å²) in [7, 11) is 0. The molecule has 0 saturated carbocycles. The number of benzene rings is 1. The fraction of sp³-hybridized carbons (Fsp3) is 0.214. The summed E-state index contributed by atoms with van der Waals surface area (Å²) >= 11 is 1.37. The number of aryl methyl sites for hydroxylation is 2. The Morgan fingerprint density at radius 3 is 2.56 bits per heavy atom. The highest BCUT2D eigenvalue weighted by molar-refractivity contribution is 7.99. The van der Waals surface area contributed by atoms with E-state index in [0.29, 0.717) is 10.9 Å². The molecule has 0 aliphatic heterocycles. The molecule has 0 aliphatic carbocycles. The highest BCUT2D eigenvalue weighted by atomic mass is 32.2. The summed E-state index contributed by atoms with van der Waals surface area (Å²) in [6.45, 7) is 3.91. The lowest BCUT2D eigenvalue weighted by Gasteiger charge is -2.01. The Morgan fingerprint density at radius 1 is 1.17 bits per heavy atom. The molecule has 0 spiro atoms. The molecular weight excluding hydrogens is 244 g/mol. The number of hydrogen-bond acceptors (Lipinski definition) is 4.